The fourth-order valence-electron chi connectivity index (χ4n) is 2.48. The molecule has 7 heteroatoms. The Labute approximate surface area is 151 Å². The highest BCUT2D eigenvalue weighted by molar-refractivity contribution is 8.04. The van der Waals surface area contributed by atoms with Crippen LogP contribution >= 0.6 is 11.8 Å². The van der Waals surface area contributed by atoms with Gasteiger partial charge >= 0.3 is 5.97 Å². The number of ether oxygens (including phenoxy) is 1. The molecule has 1 aromatic rings. The van der Waals surface area contributed by atoms with Crippen LogP contribution in [0.4, 0.5) is 0 Å². The van der Waals surface area contributed by atoms with Crippen molar-refractivity contribution < 1.29 is 18.7 Å². The van der Waals surface area contributed by atoms with Gasteiger partial charge in [-0.25, -0.2) is 4.79 Å². The van der Waals surface area contributed by atoms with E-state index in [-0.39, 0.29) is 23.3 Å². The van der Waals surface area contributed by atoms with E-state index in [4.69, 9.17) is 9.15 Å². The zero-order chi connectivity index (χ0) is 18.4. The normalized spacial score (nSPS) is 18.8. The Balaban J connectivity index is 2.17. The van der Waals surface area contributed by atoms with Crippen LogP contribution in [0.5, 0.6) is 0 Å². The van der Waals surface area contributed by atoms with Crippen molar-refractivity contribution in [2.24, 2.45) is 0 Å². The van der Waals surface area contributed by atoms with E-state index in [0.29, 0.717) is 24.4 Å². The lowest BCUT2D eigenvalue weighted by Crippen LogP contribution is -2.29. The molecule has 2 heterocycles. The molecule has 132 valence electrons. The minimum atomic E-state index is -0.738. The fraction of sp³-hybridized carbons (Fsp3) is 0.389. The number of hydrogen-bond donors (Lipinski definition) is 0. The minimum Gasteiger partial charge on any atom is -0.466 e. The predicted molar refractivity (Wildman–Crippen MR) is 94.3 cm³/mol. The van der Waals surface area contributed by atoms with Gasteiger partial charge < -0.3 is 14.1 Å². The van der Waals surface area contributed by atoms with Gasteiger partial charge in [-0.2, -0.15) is 5.26 Å². The second-order valence-corrected chi connectivity index (χ2v) is 6.61. The molecule has 0 bridgehead atoms. The van der Waals surface area contributed by atoms with Crippen LogP contribution in [0.1, 0.15) is 24.9 Å². The van der Waals surface area contributed by atoms with Gasteiger partial charge in [0.1, 0.15) is 29.2 Å². The van der Waals surface area contributed by atoms with Gasteiger partial charge in [0.15, 0.2) is 5.57 Å². The standard InChI is InChI=1S/C18H20N2O4S/c1-4-10-23-18(22)14(11-19)17-20(5-2)16(21)15(25-17)9-8-13-7-6-12(3)24-13/h4,6-7,15H,1,5,8-10H2,2-3H3/b17-14-. The molecule has 1 saturated heterocycles. The van der Waals surface area contributed by atoms with E-state index in [1.54, 1.807) is 6.92 Å². The van der Waals surface area contributed by atoms with Crippen LogP contribution in [0.25, 0.3) is 0 Å². The number of rotatable bonds is 7. The maximum Gasteiger partial charge on any atom is 0.351 e. The highest BCUT2D eigenvalue weighted by Crippen LogP contribution is 2.39. The number of aryl methyl sites for hydroxylation is 2. The molecule has 0 saturated carbocycles. The number of carbonyl (C=O) groups excluding carboxylic acids is 2. The van der Waals surface area contributed by atoms with Gasteiger partial charge in [-0.1, -0.05) is 24.4 Å². The molecule has 1 aliphatic heterocycles. The first kappa shape index (κ1) is 18.9. The second kappa shape index (κ2) is 8.58. The molecule has 2 rings (SSSR count). The Kier molecular flexibility index (Phi) is 6.48. The summed E-state index contributed by atoms with van der Waals surface area (Å²) in [5.41, 5.74) is -0.140. The Morgan fingerprint density at radius 2 is 2.32 bits per heavy atom. The first-order chi connectivity index (χ1) is 12.0. The molecule has 1 unspecified atom stereocenters. The SMILES string of the molecule is C=CCOC(=O)/C(C#N)=C1\SC(CCc2ccc(C)o2)C(=O)N1CC. The summed E-state index contributed by atoms with van der Waals surface area (Å²) in [6.45, 7) is 7.55. The van der Waals surface area contributed by atoms with Crippen LogP contribution in [-0.4, -0.2) is 35.2 Å². The highest BCUT2D eigenvalue weighted by atomic mass is 32.2. The summed E-state index contributed by atoms with van der Waals surface area (Å²) in [5.74, 6) is 0.804. The summed E-state index contributed by atoms with van der Waals surface area (Å²) < 4.78 is 10.5. The lowest BCUT2D eigenvalue weighted by atomic mass is 10.2. The van der Waals surface area contributed by atoms with Gasteiger partial charge in [-0.15, -0.1) is 0 Å². The largest absolute Gasteiger partial charge is 0.466 e. The number of nitriles is 1. The highest BCUT2D eigenvalue weighted by Gasteiger charge is 2.39. The van der Waals surface area contributed by atoms with Crippen molar-refractivity contribution in [2.45, 2.75) is 31.9 Å². The van der Waals surface area contributed by atoms with Crippen LogP contribution in [-0.2, 0) is 20.7 Å². The average Bonchev–Trinajstić information content (AvgIpc) is 3.15. The molecule has 1 aromatic heterocycles. The van der Waals surface area contributed by atoms with Crippen molar-refractivity contribution in [2.75, 3.05) is 13.2 Å². The summed E-state index contributed by atoms with van der Waals surface area (Å²) in [4.78, 5) is 26.1. The van der Waals surface area contributed by atoms with Crippen LogP contribution in [0.15, 0.2) is 39.8 Å². The Hall–Kier alpha value is -2.46. The summed E-state index contributed by atoms with van der Waals surface area (Å²) >= 11 is 1.24. The van der Waals surface area contributed by atoms with Crippen molar-refractivity contribution in [1.29, 1.82) is 5.26 Å². The van der Waals surface area contributed by atoms with Gasteiger partial charge in [0.05, 0.1) is 5.25 Å². The summed E-state index contributed by atoms with van der Waals surface area (Å²) in [5, 5.41) is 9.37. The molecule has 1 atom stereocenters. The third kappa shape index (κ3) is 4.34. The lowest BCUT2D eigenvalue weighted by molar-refractivity contribution is -0.137. The quantitative estimate of drug-likeness (QED) is 0.322. The van der Waals surface area contributed by atoms with Crippen LogP contribution in [0.3, 0.4) is 0 Å². The molecule has 0 aliphatic carbocycles. The number of nitrogens with zero attached hydrogens (tertiary/aromatic N) is 2. The average molecular weight is 360 g/mol. The first-order valence-electron chi connectivity index (χ1n) is 7.97. The van der Waals surface area contributed by atoms with Gasteiger partial charge in [0, 0.05) is 13.0 Å². The zero-order valence-electron chi connectivity index (χ0n) is 14.3. The molecule has 25 heavy (non-hydrogen) atoms. The van der Waals surface area contributed by atoms with E-state index < -0.39 is 5.97 Å². The monoisotopic (exact) mass is 360 g/mol. The molecular formula is C18H20N2O4S. The minimum absolute atomic E-state index is 0.0172. The van der Waals surface area contributed by atoms with Crippen LogP contribution < -0.4 is 0 Å². The second-order valence-electron chi connectivity index (χ2n) is 5.42. The smallest absolute Gasteiger partial charge is 0.351 e. The van der Waals surface area contributed by atoms with Crippen LogP contribution in [0, 0.1) is 18.3 Å². The molecule has 1 fully saturated rings. The molecule has 6 nitrogen and oxygen atoms in total. The number of esters is 1. The Morgan fingerprint density at radius 3 is 2.88 bits per heavy atom. The molecule has 1 aliphatic rings. The van der Waals surface area contributed by atoms with Gasteiger partial charge in [-0.05, 0) is 32.4 Å². The molecule has 0 spiro atoms. The number of carbonyl (C=O) groups is 2. The number of amides is 1. The van der Waals surface area contributed by atoms with E-state index in [9.17, 15) is 14.9 Å². The van der Waals surface area contributed by atoms with E-state index in [0.717, 1.165) is 11.5 Å². The maximum absolute atomic E-state index is 12.6. The summed E-state index contributed by atoms with van der Waals surface area (Å²) in [7, 11) is 0. The van der Waals surface area contributed by atoms with E-state index in [1.165, 1.54) is 22.7 Å². The first-order valence-corrected chi connectivity index (χ1v) is 8.85. The third-order valence-electron chi connectivity index (χ3n) is 3.67. The van der Waals surface area contributed by atoms with E-state index in [2.05, 4.69) is 6.58 Å². The van der Waals surface area contributed by atoms with Crippen molar-refractivity contribution in [3.63, 3.8) is 0 Å². The molecule has 0 radical (unpaired) electrons. The van der Waals surface area contributed by atoms with Crippen molar-refractivity contribution in [1.82, 2.24) is 4.90 Å². The lowest BCUT2D eigenvalue weighted by Gasteiger charge is -2.15. The van der Waals surface area contributed by atoms with Crippen LogP contribution in [0.2, 0.25) is 0 Å². The van der Waals surface area contributed by atoms with Crippen molar-refractivity contribution in [3.05, 3.63) is 46.9 Å². The molecule has 1 amide bonds. The van der Waals surface area contributed by atoms with Crippen molar-refractivity contribution >= 4 is 23.6 Å². The zero-order valence-corrected chi connectivity index (χ0v) is 15.1. The molecule has 0 aromatic carbocycles. The van der Waals surface area contributed by atoms with Gasteiger partial charge in [-0.3, -0.25) is 4.79 Å². The molecular weight excluding hydrogens is 340 g/mol. The van der Waals surface area contributed by atoms with Crippen molar-refractivity contribution in [3.8, 4) is 6.07 Å². The van der Waals surface area contributed by atoms with E-state index >= 15 is 0 Å². The van der Waals surface area contributed by atoms with Gasteiger partial charge in [0.2, 0.25) is 5.91 Å². The fourth-order valence-corrected chi connectivity index (χ4v) is 3.81. The molecule has 0 N–H and O–H groups in total. The summed E-state index contributed by atoms with van der Waals surface area (Å²) in [6.07, 6.45) is 2.61. The Bertz CT molecular complexity index is 745. The summed E-state index contributed by atoms with van der Waals surface area (Å²) in [6, 6.07) is 5.64. The van der Waals surface area contributed by atoms with Gasteiger partial charge in [0.25, 0.3) is 0 Å². The number of furan rings is 1. The maximum atomic E-state index is 12.6. The third-order valence-corrected chi connectivity index (χ3v) is 5.04. The Morgan fingerprint density at radius 1 is 1.56 bits per heavy atom. The topological polar surface area (TPSA) is 83.5 Å². The predicted octanol–water partition coefficient (Wildman–Crippen LogP) is 2.95. The van der Waals surface area contributed by atoms with E-state index in [1.807, 2.05) is 25.1 Å². The number of hydrogen-bond acceptors (Lipinski definition) is 6. The number of thioether (sulfide) groups is 1.